The normalized spacial score (nSPS) is 20.8. The van der Waals surface area contributed by atoms with Gasteiger partial charge in [0.25, 0.3) is 0 Å². The summed E-state index contributed by atoms with van der Waals surface area (Å²) in [7, 11) is 0. The topological polar surface area (TPSA) is 68.2 Å². The number of halogens is 4. The Morgan fingerprint density at radius 3 is 2.21 bits per heavy atom. The van der Waals surface area contributed by atoms with E-state index in [1.165, 1.54) is 16.7 Å². The molecule has 0 aromatic carbocycles. The number of guanidine groups is 1. The van der Waals surface area contributed by atoms with Gasteiger partial charge in [-0.2, -0.15) is 13.2 Å². The van der Waals surface area contributed by atoms with Crippen molar-refractivity contribution in [2.75, 3.05) is 45.8 Å². The zero-order valence-corrected chi connectivity index (χ0v) is 18.6. The number of hydrogen-bond donors (Lipinski definition) is 1. The highest BCUT2D eigenvalue weighted by Crippen LogP contribution is 2.25. The van der Waals surface area contributed by atoms with E-state index in [1.807, 2.05) is 11.8 Å². The van der Waals surface area contributed by atoms with E-state index in [-0.39, 0.29) is 48.9 Å². The number of nitrogens with one attached hydrogen (secondary N) is 1. The minimum absolute atomic E-state index is 0. The highest BCUT2D eigenvalue weighted by atomic mass is 127. The number of likely N-dealkylation sites (tertiary alicyclic amines) is 1. The van der Waals surface area contributed by atoms with Crippen LogP contribution in [-0.4, -0.2) is 90.5 Å². The molecule has 0 aromatic heterocycles. The number of hydrogen-bond acceptors (Lipinski definition) is 4. The minimum Gasteiger partial charge on any atom is -0.357 e. The molecule has 0 spiro atoms. The number of carbonyl (C=O) groups is 2. The van der Waals surface area contributed by atoms with Crippen LogP contribution in [0.2, 0.25) is 0 Å². The SMILES string of the molecule is CCNC(=NCCN1C(=O)CCCC1=O)N1CCN(C(C)C(F)(F)F)CC1.I. The monoisotopic (exact) mass is 519 g/mol. The van der Waals surface area contributed by atoms with Gasteiger partial charge in [0.1, 0.15) is 6.04 Å². The summed E-state index contributed by atoms with van der Waals surface area (Å²) in [4.78, 5) is 32.7. The molecule has 2 rings (SSSR count). The van der Waals surface area contributed by atoms with Gasteiger partial charge in [-0.1, -0.05) is 0 Å². The zero-order chi connectivity index (χ0) is 20.0. The lowest BCUT2D eigenvalue weighted by molar-refractivity contribution is -0.181. The molecule has 28 heavy (non-hydrogen) atoms. The Labute approximate surface area is 180 Å². The highest BCUT2D eigenvalue weighted by molar-refractivity contribution is 14.0. The second-order valence-electron chi connectivity index (χ2n) is 6.77. The number of carbonyl (C=O) groups excluding carboxylic acids is 2. The number of alkyl halides is 3. The smallest absolute Gasteiger partial charge is 0.357 e. The molecule has 0 saturated carbocycles. The van der Waals surface area contributed by atoms with Gasteiger partial charge >= 0.3 is 6.18 Å². The third-order valence-corrected chi connectivity index (χ3v) is 4.94. The third kappa shape index (κ3) is 6.75. The molecule has 0 aliphatic carbocycles. The number of rotatable bonds is 5. The number of nitrogens with zero attached hydrogens (tertiary/aromatic N) is 4. The van der Waals surface area contributed by atoms with E-state index in [0.717, 1.165) is 0 Å². The first-order valence-electron chi connectivity index (χ1n) is 9.41. The fourth-order valence-electron chi connectivity index (χ4n) is 3.26. The van der Waals surface area contributed by atoms with Gasteiger partial charge in [-0.3, -0.25) is 24.4 Å². The Morgan fingerprint density at radius 2 is 1.71 bits per heavy atom. The summed E-state index contributed by atoms with van der Waals surface area (Å²) >= 11 is 0. The van der Waals surface area contributed by atoms with Gasteiger partial charge in [0, 0.05) is 52.1 Å². The average Bonchev–Trinajstić information content (AvgIpc) is 2.62. The average molecular weight is 519 g/mol. The molecular weight excluding hydrogens is 490 g/mol. The second kappa shape index (κ2) is 11.2. The van der Waals surface area contributed by atoms with E-state index in [1.54, 1.807) is 0 Å². The standard InChI is InChI=1S/C17H28F3N5O2.HI/c1-3-21-16(22-7-8-25-14(26)5-4-6-15(25)27)24-11-9-23(10-12-24)13(2)17(18,19)20;/h13H,3-12H2,1-2H3,(H,21,22);1H. The summed E-state index contributed by atoms with van der Waals surface area (Å²) in [5, 5.41) is 3.13. The molecule has 2 saturated heterocycles. The summed E-state index contributed by atoms with van der Waals surface area (Å²) in [5.41, 5.74) is 0. The van der Waals surface area contributed by atoms with Gasteiger partial charge in [-0.15, -0.1) is 24.0 Å². The predicted molar refractivity (Wildman–Crippen MR) is 111 cm³/mol. The molecule has 0 bridgehead atoms. The van der Waals surface area contributed by atoms with E-state index >= 15 is 0 Å². The first-order chi connectivity index (χ1) is 12.7. The van der Waals surface area contributed by atoms with Gasteiger partial charge < -0.3 is 10.2 Å². The van der Waals surface area contributed by atoms with Crippen LogP contribution in [0.3, 0.4) is 0 Å². The fraction of sp³-hybridized carbons (Fsp3) is 0.824. The van der Waals surface area contributed by atoms with Crippen molar-refractivity contribution in [2.45, 2.75) is 45.3 Å². The molecular formula is C17H29F3IN5O2. The van der Waals surface area contributed by atoms with Crippen LogP contribution in [0.1, 0.15) is 33.1 Å². The molecule has 2 amide bonds. The number of piperidine rings is 1. The lowest BCUT2D eigenvalue weighted by Crippen LogP contribution is -2.56. The number of amides is 2. The highest BCUT2D eigenvalue weighted by Gasteiger charge is 2.41. The molecule has 1 N–H and O–H groups in total. The van der Waals surface area contributed by atoms with Crippen LogP contribution < -0.4 is 5.32 Å². The maximum atomic E-state index is 12.9. The van der Waals surface area contributed by atoms with E-state index < -0.39 is 12.2 Å². The molecule has 7 nitrogen and oxygen atoms in total. The van der Waals surface area contributed by atoms with E-state index in [2.05, 4.69) is 10.3 Å². The van der Waals surface area contributed by atoms with E-state index in [0.29, 0.717) is 57.9 Å². The number of aliphatic imine (C=N–C) groups is 1. The van der Waals surface area contributed by atoms with Crippen molar-refractivity contribution in [3.63, 3.8) is 0 Å². The zero-order valence-electron chi connectivity index (χ0n) is 16.3. The van der Waals surface area contributed by atoms with Gasteiger partial charge in [0.05, 0.1) is 6.54 Å². The Kier molecular flexibility index (Phi) is 9.95. The Morgan fingerprint density at radius 1 is 1.14 bits per heavy atom. The Hall–Kier alpha value is -1.11. The fourth-order valence-corrected chi connectivity index (χ4v) is 3.26. The van der Waals surface area contributed by atoms with Crippen molar-refractivity contribution < 1.29 is 22.8 Å². The molecule has 2 fully saturated rings. The van der Waals surface area contributed by atoms with Gasteiger partial charge in [-0.25, -0.2) is 0 Å². The lowest BCUT2D eigenvalue weighted by Gasteiger charge is -2.39. The minimum atomic E-state index is -4.23. The molecule has 2 aliphatic heterocycles. The van der Waals surface area contributed by atoms with Crippen molar-refractivity contribution in [1.82, 2.24) is 20.0 Å². The first kappa shape index (κ1) is 24.9. The van der Waals surface area contributed by atoms with Crippen molar-refractivity contribution >= 4 is 41.8 Å². The van der Waals surface area contributed by atoms with Crippen molar-refractivity contribution in [2.24, 2.45) is 4.99 Å². The third-order valence-electron chi connectivity index (χ3n) is 4.94. The molecule has 162 valence electrons. The van der Waals surface area contributed by atoms with Gasteiger partial charge in [0.15, 0.2) is 5.96 Å². The van der Waals surface area contributed by atoms with Crippen molar-refractivity contribution in [3.05, 3.63) is 0 Å². The molecule has 2 heterocycles. The maximum absolute atomic E-state index is 12.9. The lowest BCUT2D eigenvalue weighted by atomic mass is 10.1. The van der Waals surface area contributed by atoms with Crippen LogP contribution >= 0.6 is 24.0 Å². The predicted octanol–water partition coefficient (Wildman–Crippen LogP) is 1.68. The summed E-state index contributed by atoms with van der Waals surface area (Å²) in [6.07, 6.45) is -2.86. The summed E-state index contributed by atoms with van der Waals surface area (Å²) < 4.78 is 38.6. The van der Waals surface area contributed by atoms with Gasteiger partial charge in [0.2, 0.25) is 11.8 Å². The molecule has 2 aliphatic rings. The molecule has 0 aromatic rings. The molecule has 11 heteroatoms. The number of piperazine rings is 1. The van der Waals surface area contributed by atoms with E-state index in [9.17, 15) is 22.8 Å². The largest absolute Gasteiger partial charge is 0.403 e. The summed E-state index contributed by atoms with van der Waals surface area (Å²) in [6.45, 7) is 5.71. The van der Waals surface area contributed by atoms with Gasteiger partial charge in [-0.05, 0) is 20.3 Å². The molecule has 1 atom stereocenters. The summed E-state index contributed by atoms with van der Waals surface area (Å²) in [6, 6.07) is -1.46. The van der Waals surface area contributed by atoms with Crippen molar-refractivity contribution in [1.29, 1.82) is 0 Å². The maximum Gasteiger partial charge on any atom is 0.403 e. The Balaban J connectivity index is 0.00000392. The summed E-state index contributed by atoms with van der Waals surface area (Å²) in [5.74, 6) is 0.274. The molecule has 0 radical (unpaired) electrons. The second-order valence-corrected chi connectivity index (χ2v) is 6.77. The number of imide groups is 1. The Bertz CT molecular complexity index is 549. The van der Waals surface area contributed by atoms with Crippen LogP contribution in [0.5, 0.6) is 0 Å². The van der Waals surface area contributed by atoms with Crippen LogP contribution in [0.25, 0.3) is 0 Å². The quantitative estimate of drug-likeness (QED) is 0.259. The van der Waals surface area contributed by atoms with Crippen LogP contribution in [-0.2, 0) is 9.59 Å². The van der Waals surface area contributed by atoms with Crippen LogP contribution in [0.4, 0.5) is 13.2 Å². The van der Waals surface area contributed by atoms with E-state index in [4.69, 9.17) is 0 Å². The van der Waals surface area contributed by atoms with Crippen molar-refractivity contribution in [3.8, 4) is 0 Å². The van der Waals surface area contributed by atoms with Crippen LogP contribution in [0.15, 0.2) is 4.99 Å². The molecule has 1 unspecified atom stereocenters. The first-order valence-corrected chi connectivity index (χ1v) is 9.41. The van der Waals surface area contributed by atoms with Crippen LogP contribution in [0, 0.1) is 0 Å².